The molecule has 0 saturated heterocycles. The van der Waals surface area contributed by atoms with Crippen LogP contribution >= 0.6 is 23.5 Å². The molecule has 204 valence electrons. The van der Waals surface area contributed by atoms with Gasteiger partial charge in [-0.05, 0) is 36.9 Å². The fourth-order valence-corrected chi connectivity index (χ4v) is 4.30. The number of amides is 3. The summed E-state index contributed by atoms with van der Waals surface area (Å²) in [6, 6.07) is -4.11. The molecule has 0 aliphatic carbocycles. The van der Waals surface area contributed by atoms with Crippen molar-refractivity contribution in [3.8, 4) is 0 Å². The van der Waals surface area contributed by atoms with Gasteiger partial charge in [0, 0.05) is 36.6 Å². The summed E-state index contributed by atoms with van der Waals surface area (Å²) >= 11 is 3.01. The number of imidazole rings is 2. The molecule has 2 aromatic heterocycles. The summed E-state index contributed by atoms with van der Waals surface area (Å²) in [6.45, 7) is 0. The average Bonchev–Trinajstić information content (AvgIpc) is 3.58. The number of thioether (sulfide) groups is 2. The largest absolute Gasteiger partial charge is 0.480 e. The van der Waals surface area contributed by atoms with Crippen LogP contribution in [0.5, 0.6) is 0 Å². The monoisotopic (exact) mass is 554 g/mol. The summed E-state index contributed by atoms with van der Waals surface area (Å²) in [5, 5.41) is 17.4. The molecular weight excluding hydrogens is 520 g/mol. The average molecular weight is 555 g/mol. The lowest BCUT2D eigenvalue weighted by molar-refractivity contribution is -0.142. The van der Waals surface area contributed by atoms with Gasteiger partial charge in [0.1, 0.15) is 18.1 Å². The van der Waals surface area contributed by atoms with E-state index in [1.807, 2.05) is 12.5 Å². The quantitative estimate of drug-likeness (QED) is 0.131. The molecule has 37 heavy (non-hydrogen) atoms. The molecule has 2 heterocycles. The predicted molar refractivity (Wildman–Crippen MR) is 142 cm³/mol. The molecule has 4 unspecified atom stereocenters. The van der Waals surface area contributed by atoms with Gasteiger partial charge < -0.3 is 36.8 Å². The zero-order valence-corrected chi connectivity index (χ0v) is 22.4. The van der Waals surface area contributed by atoms with Crippen molar-refractivity contribution in [2.24, 2.45) is 5.73 Å². The number of aromatic nitrogens is 4. The topological polar surface area (TPSA) is 208 Å². The van der Waals surface area contributed by atoms with Gasteiger partial charge in [0.05, 0.1) is 18.7 Å². The third-order valence-electron chi connectivity index (χ3n) is 5.42. The van der Waals surface area contributed by atoms with Gasteiger partial charge in [-0.25, -0.2) is 14.8 Å². The maximum atomic E-state index is 13.3. The van der Waals surface area contributed by atoms with Gasteiger partial charge >= 0.3 is 5.97 Å². The van der Waals surface area contributed by atoms with E-state index in [0.717, 1.165) is 0 Å². The van der Waals surface area contributed by atoms with E-state index in [1.54, 1.807) is 11.8 Å². The normalized spacial score (nSPS) is 14.2. The van der Waals surface area contributed by atoms with Gasteiger partial charge in [-0.15, -0.1) is 0 Å². The summed E-state index contributed by atoms with van der Waals surface area (Å²) in [5.41, 5.74) is 7.13. The molecule has 2 rings (SSSR count). The first-order chi connectivity index (χ1) is 17.7. The Hall–Kier alpha value is -3.04. The molecule has 0 aromatic carbocycles. The highest BCUT2D eigenvalue weighted by Gasteiger charge is 2.31. The number of rotatable bonds is 17. The Bertz CT molecular complexity index is 989. The van der Waals surface area contributed by atoms with Crippen molar-refractivity contribution in [3.63, 3.8) is 0 Å². The van der Waals surface area contributed by atoms with Gasteiger partial charge in [-0.1, -0.05) is 0 Å². The van der Waals surface area contributed by atoms with Crippen LogP contribution < -0.4 is 21.7 Å². The van der Waals surface area contributed by atoms with Gasteiger partial charge in [0.2, 0.25) is 17.7 Å². The van der Waals surface area contributed by atoms with E-state index in [2.05, 4.69) is 35.9 Å². The Kier molecular flexibility index (Phi) is 13.0. The van der Waals surface area contributed by atoms with Crippen molar-refractivity contribution < 1.29 is 24.3 Å². The molecule has 4 atom stereocenters. The standard InChI is InChI=1S/C22H34N8O5S2/c1-36-5-3-15(23)19(31)29-17(7-13-9-24-11-26-13)21(33)30-18(8-14-10-25-12-27-14)20(32)28-16(22(34)35)4-6-37-2/h9-12,15-18H,3-8,23H2,1-2H3,(H,24,26)(H,25,27)(H,28,32)(H,29,31)(H,30,33)(H,34,35). The van der Waals surface area contributed by atoms with Crippen LogP contribution in [0.25, 0.3) is 0 Å². The first kappa shape index (κ1) is 30.2. The lowest BCUT2D eigenvalue weighted by atomic mass is 10.1. The third-order valence-corrected chi connectivity index (χ3v) is 6.71. The molecule has 13 nitrogen and oxygen atoms in total. The number of carbonyl (C=O) groups is 4. The second kappa shape index (κ2) is 15.9. The van der Waals surface area contributed by atoms with E-state index >= 15 is 0 Å². The molecule has 2 aromatic rings. The first-order valence-electron chi connectivity index (χ1n) is 11.6. The van der Waals surface area contributed by atoms with Gasteiger partial charge in [0.15, 0.2) is 0 Å². The van der Waals surface area contributed by atoms with Crippen molar-refractivity contribution in [1.29, 1.82) is 0 Å². The summed E-state index contributed by atoms with van der Waals surface area (Å²) in [4.78, 5) is 64.4. The van der Waals surface area contributed by atoms with Crippen LogP contribution in [0.4, 0.5) is 0 Å². The number of H-pyrrole nitrogens is 2. The number of nitrogens with zero attached hydrogens (tertiary/aromatic N) is 2. The zero-order valence-electron chi connectivity index (χ0n) is 20.7. The van der Waals surface area contributed by atoms with E-state index in [0.29, 0.717) is 29.3 Å². The number of aliphatic carboxylic acids is 1. The van der Waals surface area contributed by atoms with Gasteiger partial charge in [0.25, 0.3) is 0 Å². The minimum atomic E-state index is -1.17. The smallest absolute Gasteiger partial charge is 0.326 e. The number of carboxylic acid groups (broad SMARTS) is 1. The SMILES string of the molecule is CSCCC(N)C(=O)NC(Cc1cnc[nH]1)C(=O)NC(Cc1cnc[nH]1)C(=O)NC(CCSC)C(=O)O. The van der Waals surface area contributed by atoms with Crippen LogP contribution in [0.15, 0.2) is 25.0 Å². The molecule has 15 heteroatoms. The molecule has 0 spiro atoms. The van der Waals surface area contributed by atoms with E-state index in [-0.39, 0.29) is 19.3 Å². The van der Waals surface area contributed by atoms with E-state index < -0.39 is 47.9 Å². The van der Waals surface area contributed by atoms with E-state index in [4.69, 9.17) is 5.73 Å². The zero-order chi connectivity index (χ0) is 27.2. The van der Waals surface area contributed by atoms with Crippen molar-refractivity contribution >= 4 is 47.2 Å². The predicted octanol–water partition coefficient (Wildman–Crippen LogP) is -0.709. The van der Waals surface area contributed by atoms with E-state index in [1.165, 1.54) is 36.8 Å². The van der Waals surface area contributed by atoms with Crippen molar-refractivity contribution in [2.75, 3.05) is 24.0 Å². The van der Waals surface area contributed by atoms with Crippen LogP contribution in [0, 0.1) is 0 Å². The Morgan fingerprint density at radius 3 is 1.73 bits per heavy atom. The molecule has 8 N–H and O–H groups in total. The fraction of sp³-hybridized carbons (Fsp3) is 0.545. The van der Waals surface area contributed by atoms with Crippen LogP contribution in [-0.4, -0.2) is 96.9 Å². The summed E-state index contributed by atoms with van der Waals surface area (Å²) in [5.74, 6) is -1.75. The Morgan fingerprint density at radius 2 is 1.30 bits per heavy atom. The second-order valence-corrected chi connectivity index (χ2v) is 10.2. The number of carboxylic acids is 1. The van der Waals surface area contributed by atoms with Crippen LogP contribution in [0.2, 0.25) is 0 Å². The molecule has 3 amide bonds. The molecule has 0 aliphatic rings. The van der Waals surface area contributed by atoms with Crippen LogP contribution in [0.1, 0.15) is 24.2 Å². The third kappa shape index (κ3) is 10.5. The maximum Gasteiger partial charge on any atom is 0.326 e. The fourth-order valence-electron chi connectivity index (χ4n) is 3.34. The number of carbonyl (C=O) groups excluding carboxylic acids is 3. The van der Waals surface area contributed by atoms with Crippen molar-refractivity contribution in [1.82, 2.24) is 35.9 Å². The highest BCUT2D eigenvalue weighted by atomic mass is 32.2. The molecule has 0 radical (unpaired) electrons. The number of hydrogen-bond donors (Lipinski definition) is 7. The summed E-state index contributed by atoms with van der Waals surface area (Å²) < 4.78 is 0. The van der Waals surface area contributed by atoms with E-state index in [9.17, 15) is 24.3 Å². The highest BCUT2D eigenvalue weighted by Crippen LogP contribution is 2.07. The molecular formula is C22H34N8O5S2. The summed E-state index contributed by atoms with van der Waals surface area (Å²) in [6.07, 6.45) is 10.4. The van der Waals surface area contributed by atoms with Gasteiger partial charge in [-0.3, -0.25) is 14.4 Å². The second-order valence-electron chi connectivity index (χ2n) is 8.25. The van der Waals surface area contributed by atoms with Gasteiger partial charge in [-0.2, -0.15) is 23.5 Å². The Labute approximate surface area is 223 Å². The molecule has 0 fully saturated rings. The first-order valence-corrected chi connectivity index (χ1v) is 14.4. The van der Waals surface area contributed by atoms with Crippen LogP contribution in [-0.2, 0) is 32.0 Å². The van der Waals surface area contributed by atoms with Crippen LogP contribution in [0.3, 0.4) is 0 Å². The molecule has 0 bridgehead atoms. The molecule has 0 saturated carbocycles. The maximum absolute atomic E-state index is 13.3. The number of aromatic amines is 2. The highest BCUT2D eigenvalue weighted by molar-refractivity contribution is 7.98. The molecule has 0 aliphatic heterocycles. The lowest BCUT2D eigenvalue weighted by Crippen LogP contribution is -2.58. The Morgan fingerprint density at radius 1 is 0.838 bits per heavy atom. The minimum Gasteiger partial charge on any atom is -0.480 e. The number of nitrogens with two attached hydrogens (primary N) is 1. The minimum absolute atomic E-state index is 0.0321. The number of hydrogen-bond acceptors (Lipinski definition) is 9. The van der Waals surface area contributed by atoms with Crippen molar-refractivity contribution in [3.05, 3.63) is 36.4 Å². The van der Waals surface area contributed by atoms with Crippen molar-refractivity contribution in [2.45, 2.75) is 49.9 Å². The Balaban J connectivity index is 2.20. The number of nitrogens with one attached hydrogen (secondary N) is 5. The summed E-state index contributed by atoms with van der Waals surface area (Å²) in [7, 11) is 0. The lowest BCUT2D eigenvalue weighted by Gasteiger charge is -2.25.